The van der Waals surface area contributed by atoms with Crippen molar-refractivity contribution in [1.82, 2.24) is 4.90 Å². The maximum atomic E-state index is 11.9. The molecule has 6 nitrogen and oxygen atoms in total. The predicted molar refractivity (Wildman–Crippen MR) is 74.3 cm³/mol. The number of carbonyl (C=O) groups excluding carboxylic acids is 1. The molecule has 1 aromatic carbocycles. The first-order valence-electron chi connectivity index (χ1n) is 6.11. The summed E-state index contributed by atoms with van der Waals surface area (Å²) in [5, 5.41) is 11.8. The molecular formula is C13H15ClN2O4. The molecule has 0 aromatic heterocycles. The van der Waals surface area contributed by atoms with E-state index >= 15 is 0 Å². The van der Waals surface area contributed by atoms with Gasteiger partial charge in [-0.3, -0.25) is 4.79 Å². The molecule has 0 spiro atoms. The van der Waals surface area contributed by atoms with Crippen LogP contribution in [-0.2, 0) is 4.79 Å². The van der Waals surface area contributed by atoms with Crippen molar-refractivity contribution < 1.29 is 19.4 Å². The van der Waals surface area contributed by atoms with E-state index in [1.165, 1.54) is 7.11 Å². The third-order valence-corrected chi connectivity index (χ3v) is 3.42. The van der Waals surface area contributed by atoms with Crippen LogP contribution in [0.2, 0.25) is 5.02 Å². The highest BCUT2D eigenvalue weighted by Gasteiger charge is 2.32. The van der Waals surface area contributed by atoms with E-state index in [0.29, 0.717) is 29.5 Å². The SMILES string of the molecule is COc1cc(NC(=O)N2CC(CC(=O)O)C2)ccc1Cl. The molecule has 7 heteroatoms. The fraction of sp³-hybridized carbons (Fsp3) is 0.385. The summed E-state index contributed by atoms with van der Waals surface area (Å²) in [6.45, 7) is 0.922. The number of amides is 2. The van der Waals surface area contributed by atoms with E-state index in [2.05, 4.69) is 5.32 Å². The van der Waals surface area contributed by atoms with Gasteiger partial charge in [0.2, 0.25) is 0 Å². The lowest BCUT2D eigenvalue weighted by Crippen LogP contribution is -2.52. The highest BCUT2D eigenvalue weighted by Crippen LogP contribution is 2.28. The molecule has 0 unspecified atom stereocenters. The van der Waals surface area contributed by atoms with Crippen LogP contribution in [-0.4, -0.2) is 42.2 Å². The molecule has 2 rings (SSSR count). The van der Waals surface area contributed by atoms with Crippen LogP contribution in [0.15, 0.2) is 18.2 Å². The molecule has 2 amide bonds. The second-order valence-corrected chi connectivity index (χ2v) is 5.06. The molecule has 2 N–H and O–H groups in total. The Morgan fingerprint density at radius 3 is 2.80 bits per heavy atom. The van der Waals surface area contributed by atoms with Crippen LogP contribution in [0.5, 0.6) is 5.75 Å². The number of benzene rings is 1. The van der Waals surface area contributed by atoms with Crippen molar-refractivity contribution in [3.05, 3.63) is 23.2 Å². The first-order chi connectivity index (χ1) is 9.49. The van der Waals surface area contributed by atoms with Crippen LogP contribution in [0.25, 0.3) is 0 Å². The first-order valence-corrected chi connectivity index (χ1v) is 6.48. The Labute approximate surface area is 121 Å². The first kappa shape index (κ1) is 14.5. The number of nitrogens with zero attached hydrogens (tertiary/aromatic N) is 1. The minimum absolute atomic E-state index is 0.0398. The number of halogens is 1. The smallest absolute Gasteiger partial charge is 0.321 e. The molecule has 1 heterocycles. The minimum Gasteiger partial charge on any atom is -0.495 e. The molecule has 1 aliphatic rings. The summed E-state index contributed by atoms with van der Waals surface area (Å²) >= 11 is 5.90. The van der Waals surface area contributed by atoms with E-state index in [9.17, 15) is 9.59 Å². The van der Waals surface area contributed by atoms with Crippen LogP contribution in [0.4, 0.5) is 10.5 Å². The van der Waals surface area contributed by atoms with Crippen molar-refractivity contribution in [2.24, 2.45) is 5.92 Å². The molecule has 0 aliphatic carbocycles. The molecule has 20 heavy (non-hydrogen) atoms. The highest BCUT2D eigenvalue weighted by molar-refractivity contribution is 6.32. The molecule has 0 radical (unpaired) electrons. The number of hydrogen-bond donors (Lipinski definition) is 2. The highest BCUT2D eigenvalue weighted by atomic mass is 35.5. The van der Waals surface area contributed by atoms with Gasteiger partial charge in [0.1, 0.15) is 5.75 Å². The largest absolute Gasteiger partial charge is 0.495 e. The average molecular weight is 299 g/mol. The quantitative estimate of drug-likeness (QED) is 0.894. The normalized spacial score (nSPS) is 14.6. The van der Waals surface area contributed by atoms with Gasteiger partial charge in [-0.2, -0.15) is 0 Å². The second kappa shape index (κ2) is 6.00. The lowest BCUT2D eigenvalue weighted by atomic mass is 9.97. The van der Waals surface area contributed by atoms with Crippen molar-refractivity contribution in [1.29, 1.82) is 0 Å². The van der Waals surface area contributed by atoms with Gasteiger partial charge in [-0.05, 0) is 12.1 Å². The predicted octanol–water partition coefficient (Wildman–Crippen LogP) is 2.29. The van der Waals surface area contributed by atoms with Crippen molar-refractivity contribution in [3.8, 4) is 5.75 Å². The number of hydrogen-bond acceptors (Lipinski definition) is 3. The molecule has 1 saturated heterocycles. The topological polar surface area (TPSA) is 78.9 Å². The number of methoxy groups -OCH3 is 1. The molecule has 1 aromatic rings. The van der Waals surface area contributed by atoms with Gasteiger partial charge in [0.25, 0.3) is 0 Å². The maximum Gasteiger partial charge on any atom is 0.321 e. The third kappa shape index (κ3) is 3.33. The van der Waals surface area contributed by atoms with E-state index in [1.54, 1.807) is 23.1 Å². The van der Waals surface area contributed by atoms with Crippen molar-refractivity contribution in [2.45, 2.75) is 6.42 Å². The minimum atomic E-state index is -0.836. The van der Waals surface area contributed by atoms with Crippen LogP contribution in [0.3, 0.4) is 0 Å². The number of rotatable bonds is 4. The molecule has 1 aliphatic heterocycles. The number of anilines is 1. The molecule has 0 atom stereocenters. The molecule has 0 saturated carbocycles. The van der Waals surface area contributed by atoms with E-state index in [-0.39, 0.29) is 18.4 Å². The Bertz CT molecular complexity index is 529. The Morgan fingerprint density at radius 1 is 1.50 bits per heavy atom. The summed E-state index contributed by atoms with van der Waals surface area (Å²) in [5.74, 6) is -0.313. The Kier molecular flexibility index (Phi) is 4.34. The Hall–Kier alpha value is -1.95. The van der Waals surface area contributed by atoms with Crippen molar-refractivity contribution >= 4 is 29.3 Å². The van der Waals surface area contributed by atoms with Crippen molar-refractivity contribution in [2.75, 3.05) is 25.5 Å². The van der Waals surface area contributed by atoms with Crippen LogP contribution in [0.1, 0.15) is 6.42 Å². The average Bonchev–Trinajstić information content (AvgIpc) is 2.35. The summed E-state index contributed by atoms with van der Waals surface area (Å²) in [4.78, 5) is 24.0. The number of carboxylic acids is 1. The standard InChI is InChI=1S/C13H15ClN2O4/c1-20-11-5-9(2-3-10(11)14)15-13(19)16-6-8(7-16)4-12(17)18/h2-3,5,8H,4,6-7H2,1H3,(H,15,19)(H,17,18). The van der Waals surface area contributed by atoms with Crippen LogP contribution >= 0.6 is 11.6 Å². The van der Waals surface area contributed by atoms with Gasteiger partial charge in [0.05, 0.1) is 18.6 Å². The van der Waals surface area contributed by atoms with Gasteiger partial charge in [-0.25, -0.2) is 4.79 Å². The summed E-state index contributed by atoms with van der Waals surface area (Å²) < 4.78 is 5.07. The summed E-state index contributed by atoms with van der Waals surface area (Å²) in [7, 11) is 1.50. The van der Waals surface area contributed by atoms with Gasteiger partial charge in [0, 0.05) is 30.8 Å². The molecule has 108 valence electrons. The van der Waals surface area contributed by atoms with E-state index in [4.69, 9.17) is 21.4 Å². The van der Waals surface area contributed by atoms with Gasteiger partial charge < -0.3 is 20.1 Å². The zero-order valence-corrected chi connectivity index (χ0v) is 11.7. The van der Waals surface area contributed by atoms with Gasteiger partial charge in [0.15, 0.2) is 0 Å². The Balaban J connectivity index is 1.88. The zero-order valence-electron chi connectivity index (χ0n) is 10.9. The van der Waals surface area contributed by atoms with E-state index in [1.807, 2.05) is 0 Å². The fourth-order valence-electron chi connectivity index (χ4n) is 2.05. The van der Waals surface area contributed by atoms with Gasteiger partial charge >= 0.3 is 12.0 Å². The maximum absolute atomic E-state index is 11.9. The number of carbonyl (C=O) groups is 2. The van der Waals surface area contributed by atoms with Crippen LogP contribution < -0.4 is 10.1 Å². The fourth-order valence-corrected chi connectivity index (χ4v) is 2.25. The lowest BCUT2D eigenvalue weighted by molar-refractivity contribution is -0.139. The third-order valence-electron chi connectivity index (χ3n) is 3.11. The van der Waals surface area contributed by atoms with E-state index in [0.717, 1.165) is 0 Å². The molecule has 1 fully saturated rings. The van der Waals surface area contributed by atoms with Crippen LogP contribution in [0, 0.1) is 5.92 Å². The lowest BCUT2D eigenvalue weighted by Gasteiger charge is -2.38. The molecular weight excluding hydrogens is 284 g/mol. The van der Waals surface area contributed by atoms with E-state index < -0.39 is 5.97 Å². The molecule has 0 bridgehead atoms. The number of aliphatic carboxylic acids is 1. The summed E-state index contributed by atoms with van der Waals surface area (Å²) in [5.41, 5.74) is 0.581. The Morgan fingerprint density at radius 2 is 2.20 bits per heavy atom. The number of urea groups is 1. The van der Waals surface area contributed by atoms with Gasteiger partial charge in [-0.15, -0.1) is 0 Å². The second-order valence-electron chi connectivity index (χ2n) is 4.65. The number of nitrogens with one attached hydrogen (secondary N) is 1. The van der Waals surface area contributed by atoms with Crippen molar-refractivity contribution in [3.63, 3.8) is 0 Å². The number of likely N-dealkylation sites (tertiary alicyclic amines) is 1. The zero-order chi connectivity index (χ0) is 14.7. The summed E-state index contributed by atoms with van der Waals surface area (Å²) in [6.07, 6.45) is 0.0958. The monoisotopic (exact) mass is 298 g/mol. The summed E-state index contributed by atoms with van der Waals surface area (Å²) in [6, 6.07) is 4.70. The van der Waals surface area contributed by atoms with Gasteiger partial charge in [-0.1, -0.05) is 11.6 Å². The number of ether oxygens (including phenoxy) is 1. The number of carboxylic acid groups (broad SMARTS) is 1.